The van der Waals surface area contributed by atoms with Crippen molar-refractivity contribution < 1.29 is 23.9 Å². The maximum Gasteiger partial charge on any atom is 0.328 e. The zero-order chi connectivity index (χ0) is 18.4. The van der Waals surface area contributed by atoms with E-state index in [0.717, 1.165) is 12.8 Å². The van der Waals surface area contributed by atoms with Crippen LogP contribution in [0.3, 0.4) is 0 Å². The molecule has 0 aliphatic heterocycles. The SMILES string of the molecule is C[C@H](NC(=O)c1ccc(Cl)cc1)C(=O)OCC(=O)NC(=O)NC1CC1. The number of nitrogens with one attached hydrogen (secondary N) is 3. The van der Waals surface area contributed by atoms with Gasteiger partial charge in [0.25, 0.3) is 11.8 Å². The molecule has 0 aromatic heterocycles. The molecule has 2 rings (SSSR count). The number of ether oxygens (including phenoxy) is 1. The van der Waals surface area contributed by atoms with Gasteiger partial charge in [-0.15, -0.1) is 0 Å². The number of rotatable bonds is 6. The molecule has 8 nitrogen and oxygen atoms in total. The van der Waals surface area contributed by atoms with Gasteiger partial charge < -0.3 is 15.4 Å². The van der Waals surface area contributed by atoms with Crippen LogP contribution in [0, 0.1) is 0 Å². The largest absolute Gasteiger partial charge is 0.454 e. The number of hydrogen-bond acceptors (Lipinski definition) is 5. The number of halogens is 1. The van der Waals surface area contributed by atoms with Gasteiger partial charge in [-0.2, -0.15) is 0 Å². The molecule has 1 aliphatic carbocycles. The Labute approximate surface area is 149 Å². The average Bonchev–Trinajstić information content (AvgIpc) is 3.36. The van der Waals surface area contributed by atoms with E-state index in [4.69, 9.17) is 16.3 Å². The maximum absolute atomic E-state index is 12.0. The molecule has 0 spiro atoms. The van der Waals surface area contributed by atoms with Crippen molar-refractivity contribution in [3.63, 3.8) is 0 Å². The highest BCUT2D eigenvalue weighted by Gasteiger charge is 2.24. The third kappa shape index (κ3) is 6.42. The van der Waals surface area contributed by atoms with E-state index in [9.17, 15) is 19.2 Å². The molecular formula is C16H18ClN3O5. The third-order valence-electron chi connectivity index (χ3n) is 3.32. The van der Waals surface area contributed by atoms with Gasteiger partial charge in [-0.25, -0.2) is 9.59 Å². The molecule has 25 heavy (non-hydrogen) atoms. The maximum atomic E-state index is 12.0. The monoisotopic (exact) mass is 367 g/mol. The van der Waals surface area contributed by atoms with Crippen molar-refractivity contribution in [1.29, 1.82) is 0 Å². The van der Waals surface area contributed by atoms with E-state index in [1.54, 1.807) is 12.1 Å². The van der Waals surface area contributed by atoms with Gasteiger partial charge in [0.05, 0.1) is 0 Å². The van der Waals surface area contributed by atoms with Gasteiger partial charge in [-0.3, -0.25) is 14.9 Å². The van der Waals surface area contributed by atoms with Crippen molar-refractivity contribution in [2.75, 3.05) is 6.61 Å². The molecule has 3 N–H and O–H groups in total. The number of hydrogen-bond donors (Lipinski definition) is 3. The van der Waals surface area contributed by atoms with E-state index in [1.165, 1.54) is 19.1 Å². The zero-order valence-electron chi connectivity index (χ0n) is 13.5. The third-order valence-corrected chi connectivity index (χ3v) is 3.57. The van der Waals surface area contributed by atoms with Crippen molar-refractivity contribution in [2.24, 2.45) is 0 Å². The van der Waals surface area contributed by atoms with Crippen molar-refractivity contribution in [3.8, 4) is 0 Å². The summed E-state index contributed by atoms with van der Waals surface area (Å²) < 4.78 is 4.78. The van der Waals surface area contributed by atoms with E-state index in [2.05, 4.69) is 16.0 Å². The summed E-state index contributed by atoms with van der Waals surface area (Å²) in [5.74, 6) is -2.02. The first-order valence-corrected chi connectivity index (χ1v) is 8.06. The molecule has 1 atom stereocenters. The topological polar surface area (TPSA) is 114 Å². The highest BCUT2D eigenvalue weighted by atomic mass is 35.5. The molecule has 1 aromatic rings. The molecule has 0 radical (unpaired) electrons. The fourth-order valence-corrected chi connectivity index (χ4v) is 1.94. The minimum absolute atomic E-state index is 0.110. The first-order valence-electron chi connectivity index (χ1n) is 7.68. The van der Waals surface area contributed by atoms with Crippen LogP contribution in [0.2, 0.25) is 5.02 Å². The number of amides is 4. The van der Waals surface area contributed by atoms with Crippen molar-refractivity contribution in [3.05, 3.63) is 34.9 Å². The predicted molar refractivity (Wildman–Crippen MR) is 89.0 cm³/mol. The molecule has 1 aliphatic rings. The normalized spacial score (nSPS) is 14.2. The number of carbonyl (C=O) groups excluding carboxylic acids is 4. The summed E-state index contributed by atoms with van der Waals surface area (Å²) in [5.41, 5.74) is 0.332. The molecule has 1 aromatic carbocycles. The van der Waals surface area contributed by atoms with Crippen LogP contribution in [0.15, 0.2) is 24.3 Å². The molecule has 1 saturated carbocycles. The van der Waals surface area contributed by atoms with Crippen molar-refractivity contribution in [2.45, 2.75) is 31.8 Å². The Bertz CT molecular complexity index is 673. The second kappa shape index (κ2) is 8.48. The molecule has 1 fully saturated rings. The average molecular weight is 368 g/mol. The Balaban J connectivity index is 1.71. The van der Waals surface area contributed by atoms with E-state index < -0.39 is 36.5 Å². The molecule has 4 amide bonds. The van der Waals surface area contributed by atoms with Crippen molar-refractivity contribution in [1.82, 2.24) is 16.0 Å². The van der Waals surface area contributed by atoms with Crippen LogP contribution >= 0.6 is 11.6 Å². The second-order valence-electron chi connectivity index (χ2n) is 5.61. The van der Waals surface area contributed by atoms with E-state index >= 15 is 0 Å². The second-order valence-corrected chi connectivity index (χ2v) is 6.04. The van der Waals surface area contributed by atoms with E-state index in [0.29, 0.717) is 10.6 Å². The highest BCUT2D eigenvalue weighted by molar-refractivity contribution is 6.30. The van der Waals surface area contributed by atoms with E-state index in [-0.39, 0.29) is 6.04 Å². The minimum Gasteiger partial charge on any atom is -0.454 e. The van der Waals surface area contributed by atoms with Gasteiger partial charge in [0.15, 0.2) is 6.61 Å². The molecule has 0 saturated heterocycles. The first kappa shape index (κ1) is 18.7. The summed E-state index contributed by atoms with van der Waals surface area (Å²) >= 11 is 5.74. The summed E-state index contributed by atoms with van der Waals surface area (Å²) in [6.07, 6.45) is 1.78. The highest BCUT2D eigenvalue weighted by Crippen LogP contribution is 2.18. The zero-order valence-corrected chi connectivity index (χ0v) is 14.3. The van der Waals surface area contributed by atoms with Crippen LogP contribution in [-0.4, -0.2) is 42.5 Å². The Morgan fingerprint density at radius 2 is 1.84 bits per heavy atom. The molecule has 134 valence electrons. The lowest BCUT2D eigenvalue weighted by atomic mass is 10.2. The Hall–Kier alpha value is -2.61. The fraction of sp³-hybridized carbons (Fsp3) is 0.375. The number of imide groups is 1. The van der Waals surface area contributed by atoms with Gasteiger partial charge in [-0.05, 0) is 44.0 Å². The van der Waals surface area contributed by atoms with Crippen LogP contribution < -0.4 is 16.0 Å². The smallest absolute Gasteiger partial charge is 0.328 e. The summed E-state index contributed by atoms with van der Waals surface area (Å²) in [6, 6.07) is 4.67. The first-order chi connectivity index (χ1) is 11.8. The van der Waals surface area contributed by atoms with Gasteiger partial charge in [0.1, 0.15) is 6.04 Å². The summed E-state index contributed by atoms with van der Waals surface area (Å²) in [4.78, 5) is 46.6. The van der Waals surface area contributed by atoms with Crippen LogP contribution in [-0.2, 0) is 14.3 Å². The standard InChI is InChI=1S/C16H18ClN3O5/c1-9(18-14(22)10-2-4-11(17)5-3-10)15(23)25-8-13(21)20-16(24)19-12-6-7-12/h2-5,9,12H,6-8H2,1H3,(H,18,22)(H2,19,20,21,24)/t9-/m0/s1. The van der Waals surface area contributed by atoms with Crippen molar-refractivity contribution >= 4 is 35.4 Å². The molecule has 0 heterocycles. The Morgan fingerprint density at radius 3 is 2.44 bits per heavy atom. The quantitative estimate of drug-likeness (QED) is 0.649. The minimum atomic E-state index is -0.962. The number of esters is 1. The summed E-state index contributed by atoms with van der Waals surface area (Å²) in [7, 11) is 0. The summed E-state index contributed by atoms with van der Waals surface area (Å²) in [5, 5.41) is 7.55. The molecule has 9 heteroatoms. The van der Waals surface area contributed by atoms with Gasteiger partial charge in [0, 0.05) is 16.6 Å². The summed E-state index contributed by atoms with van der Waals surface area (Å²) in [6.45, 7) is 0.811. The molecule has 0 unspecified atom stereocenters. The van der Waals surface area contributed by atoms with Crippen LogP contribution in [0.4, 0.5) is 4.79 Å². The van der Waals surface area contributed by atoms with Crippen LogP contribution in [0.1, 0.15) is 30.1 Å². The van der Waals surface area contributed by atoms with Gasteiger partial charge >= 0.3 is 12.0 Å². The van der Waals surface area contributed by atoms with Crippen LogP contribution in [0.5, 0.6) is 0 Å². The molecule has 0 bridgehead atoms. The fourth-order valence-electron chi connectivity index (χ4n) is 1.81. The Morgan fingerprint density at radius 1 is 1.20 bits per heavy atom. The van der Waals surface area contributed by atoms with Gasteiger partial charge in [-0.1, -0.05) is 11.6 Å². The number of benzene rings is 1. The lowest BCUT2D eigenvalue weighted by molar-refractivity contribution is -0.149. The van der Waals surface area contributed by atoms with Gasteiger partial charge in [0.2, 0.25) is 0 Å². The van der Waals surface area contributed by atoms with E-state index in [1.807, 2.05) is 0 Å². The lowest BCUT2D eigenvalue weighted by Crippen LogP contribution is -2.44. The lowest BCUT2D eigenvalue weighted by Gasteiger charge is -2.13. The predicted octanol–water partition coefficient (Wildman–Crippen LogP) is 0.990. The number of urea groups is 1. The van der Waals surface area contributed by atoms with Crippen LogP contribution in [0.25, 0.3) is 0 Å². The Kier molecular flexibility index (Phi) is 6.35. The molecular weight excluding hydrogens is 350 g/mol. The number of carbonyl (C=O) groups is 4.